The van der Waals surface area contributed by atoms with Crippen molar-refractivity contribution < 1.29 is 35.2 Å². The predicted octanol–water partition coefficient (Wildman–Crippen LogP) is -2.74. The number of halogens is 1. The Morgan fingerprint density at radius 3 is 1.00 bits per heavy atom. The smallest absolute Gasteiger partial charge is 2.00 e. The van der Waals surface area contributed by atoms with E-state index in [2.05, 4.69) is 0 Å². The van der Waals surface area contributed by atoms with Crippen LogP contribution in [0.5, 0.6) is 0 Å². The Morgan fingerprint density at radius 2 is 1.00 bits per heavy atom. The summed E-state index contributed by atoms with van der Waals surface area (Å²) in [6.07, 6.45) is 0. The molecule has 4 heavy (non-hydrogen) atoms. The molecule has 0 bridgehead atoms. The molecule has 0 amide bonds. The van der Waals surface area contributed by atoms with Gasteiger partial charge in [0.25, 0.3) is 0 Å². The van der Waals surface area contributed by atoms with E-state index in [1.54, 1.807) is 0 Å². The number of quaternary nitrogens is 1. The Bertz CT molecular complexity index is 8.00. The summed E-state index contributed by atoms with van der Waals surface area (Å²) < 4.78 is 0. The molecule has 0 aliphatic heterocycles. The third kappa shape index (κ3) is 15.1. The molecule has 0 aromatic rings. The minimum atomic E-state index is 0. The van der Waals surface area contributed by atoms with Crippen LogP contribution >= 0.6 is 0 Å². The first-order valence-electron chi connectivity index (χ1n) is 0. The van der Waals surface area contributed by atoms with Crippen molar-refractivity contribution in [1.82, 2.24) is 6.15 Å². The van der Waals surface area contributed by atoms with E-state index >= 15 is 0 Å². The topological polar surface area (TPSA) is 65.0 Å². The maximum absolute atomic E-state index is 0. The molecule has 0 spiro atoms. The second kappa shape index (κ2) is 51.1. The van der Waals surface area contributed by atoms with Crippen LogP contribution in [0, 0.1) is 0 Å². The van der Waals surface area contributed by atoms with Crippen LogP contribution in [0.1, 0.15) is 0 Å². The Balaban J connectivity index is 0. The van der Waals surface area contributed by atoms with Gasteiger partial charge in [0, 0.05) is 0 Å². The summed E-state index contributed by atoms with van der Waals surface area (Å²) in [5.41, 5.74) is 0. The SMILES string of the molecule is [Cl-].[Cr+2].[NH4+].[O-2]. The van der Waals surface area contributed by atoms with Crippen molar-refractivity contribution in [3.8, 4) is 0 Å². The van der Waals surface area contributed by atoms with Gasteiger partial charge in [0.15, 0.2) is 0 Å². The average molecular weight is 121 g/mol. The van der Waals surface area contributed by atoms with Gasteiger partial charge in [0.1, 0.15) is 0 Å². The van der Waals surface area contributed by atoms with Crippen molar-refractivity contribution in [3.05, 3.63) is 0 Å². The summed E-state index contributed by atoms with van der Waals surface area (Å²) in [7, 11) is 0. The summed E-state index contributed by atoms with van der Waals surface area (Å²) in [6, 6.07) is 0. The molecule has 0 unspecified atom stereocenters. The van der Waals surface area contributed by atoms with Gasteiger partial charge in [0.05, 0.1) is 0 Å². The van der Waals surface area contributed by atoms with Gasteiger partial charge in [-0.15, -0.1) is 0 Å². The van der Waals surface area contributed by atoms with Crippen LogP contribution in [0.4, 0.5) is 0 Å². The summed E-state index contributed by atoms with van der Waals surface area (Å²) in [6.45, 7) is 0. The Kier molecular flexibility index (Phi) is 1540. The normalized spacial score (nSPS) is 0. The van der Waals surface area contributed by atoms with Gasteiger partial charge in [0.2, 0.25) is 0 Å². The van der Waals surface area contributed by atoms with Crippen molar-refractivity contribution in [3.63, 3.8) is 0 Å². The molecule has 0 atom stereocenters. The van der Waals surface area contributed by atoms with E-state index < -0.39 is 0 Å². The molecular weight excluding hydrogens is 117 g/mol. The summed E-state index contributed by atoms with van der Waals surface area (Å²) in [4.78, 5) is 0. The van der Waals surface area contributed by atoms with Crippen LogP contribution < -0.4 is 18.6 Å². The van der Waals surface area contributed by atoms with Crippen LogP contribution in [0.2, 0.25) is 0 Å². The molecule has 0 aliphatic carbocycles. The maximum Gasteiger partial charge on any atom is 2.00 e. The Morgan fingerprint density at radius 1 is 1.00 bits per heavy atom. The fourth-order valence-corrected chi connectivity index (χ4v) is 0. The molecule has 0 saturated carbocycles. The zero-order chi connectivity index (χ0) is 0. The summed E-state index contributed by atoms with van der Waals surface area (Å²) in [5.74, 6) is 0. The molecule has 4 heteroatoms. The van der Waals surface area contributed by atoms with E-state index in [9.17, 15) is 0 Å². The Hall–Kier alpha value is 0.742. The van der Waals surface area contributed by atoms with E-state index in [1.165, 1.54) is 0 Å². The van der Waals surface area contributed by atoms with E-state index in [1.807, 2.05) is 0 Å². The molecule has 4 N–H and O–H groups in total. The van der Waals surface area contributed by atoms with Crippen molar-refractivity contribution >= 4 is 0 Å². The summed E-state index contributed by atoms with van der Waals surface area (Å²) >= 11 is 0. The fourth-order valence-electron chi connectivity index (χ4n) is 0. The second-order valence-corrected chi connectivity index (χ2v) is 0. The van der Waals surface area contributed by atoms with Crippen molar-refractivity contribution in [2.24, 2.45) is 0 Å². The van der Waals surface area contributed by atoms with Gasteiger partial charge in [-0.25, -0.2) is 0 Å². The number of rotatable bonds is 0. The fraction of sp³-hybridized carbons (Fsp3) is 0. The molecule has 2 nitrogen and oxygen atoms in total. The summed E-state index contributed by atoms with van der Waals surface area (Å²) in [5, 5.41) is 0. The van der Waals surface area contributed by atoms with Gasteiger partial charge in [-0.05, 0) is 0 Å². The van der Waals surface area contributed by atoms with Crippen LogP contribution in [-0.4, -0.2) is 0 Å². The van der Waals surface area contributed by atoms with E-state index in [-0.39, 0.29) is 41.4 Å². The maximum atomic E-state index is 0. The average Bonchev–Trinajstić information content (AvgIpc) is 0. The zero-order valence-electron chi connectivity index (χ0n) is 2.19. The van der Waals surface area contributed by atoms with Crippen molar-refractivity contribution in [2.75, 3.05) is 0 Å². The van der Waals surface area contributed by atoms with E-state index in [0.717, 1.165) is 0 Å². The van der Waals surface area contributed by atoms with E-state index in [4.69, 9.17) is 0 Å². The molecule has 0 aromatic heterocycles. The third-order valence-electron chi connectivity index (χ3n) is 0. The zero-order valence-corrected chi connectivity index (χ0v) is 4.23. The third-order valence-corrected chi connectivity index (χ3v) is 0. The minimum Gasteiger partial charge on any atom is -2.00 e. The standard InChI is InChI=1S/ClH.Cr.H3N.O/h1H;;1H3;/q;+2;;-2. The molecule has 0 rings (SSSR count). The number of hydrogen-bond donors (Lipinski definition) is 1. The van der Waals surface area contributed by atoms with Crippen LogP contribution in [-0.2, 0) is 22.8 Å². The monoisotopic (exact) mass is 121 g/mol. The van der Waals surface area contributed by atoms with Gasteiger partial charge in [-0.3, -0.25) is 0 Å². The second-order valence-electron chi connectivity index (χ2n) is 0. The van der Waals surface area contributed by atoms with Gasteiger partial charge in [-0.1, -0.05) is 0 Å². The molecule has 0 aromatic carbocycles. The largest absolute Gasteiger partial charge is 2.00 e. The molecule has 0 fully saturated rings. The van der Waals surface area contributed by atoms with Gasteiger partial charge in [-0.2, -0.15) is 0 Å². The molecule has 0 heterocycles. The van der Waals surface area contributed by atoms with Crippen molar-refractivity contribution in [2.45, 2.75) is 0 Å². The molecular formula is H4ClCrNO. The van der Waals surface area contributed by atoms with Crippen molar-refractivity contribution in [1.29, 1.82) is 0 Å². The first kappa shape index (κ1) is 120. The first-order valence-corrected chi connectivity index (χ1v) is 0. The number of hydrogen-bond acceptors (Lipinski definition) is 0. The Labute approximate surface area is 42.0 Å². The van der Waals surface area contributed by atoms with E-state index in [0.29, 0.717) is 0 Å². The molecule has 28 valence electrons. The quantitative estimate of drug-likeness (QED) is 0.361. The molecule has 0 saturated heterocycles. The van der Waals surface area contributed by atoms with Crippen LogP contribution in [0.3, 0.4) is 0 Å². The minimum absolute atomic E-state index is 0. The first-order chi connectivity index (χ1) is 0. The molecule has 0 aliphatic rings. The predicted molar refractivity (Wildman–Crippen MR) is 6.67 cm³/mol. The van der Waals surface area contributed by atoms with Crippen LogP contribution in [0.25, 0.3) is 0 Å². The van der Waals surface area contributed by atoms with Gasteiger partial charge >= 0.3 is 17.4 Å². The van der Waals surface area contributed by atoms with Gasteiger partial charge < -0.3 is 24.0 Å². The van der Waals surface area contributed by atoms with Crippen LogP contribution in [0.15, 0.2) is 0 Å². The molecule has 0 radical (unpaired) electrons.